The molecule has 0 saturated heterocycles. The number of amidine groups is 1. The maximum atomic E-state index is 5.86. The third-order valence-electron chi connectivity index (χ3n) is 1.78. The maximum absolute atomic E-state index is 5.86. The molecule has 0 amide bonds. The normalized spacial score (nSPS) is 15.3. The van der Waals surface area contributed by atoms with E-state index in [0.29, 0.717) is 10.3 Å². The number of anilines is 1. The zero-order valence-corrected chi connectivity index (χ0v) is 9.12. The van der Waals surface area contributed by atoms with Crippen LogP contribution in [0.3, 0.4) is 0 Å². The summed E-state index contributed by atoms with van der Waals surface area (Å²) in [5.41, 5.74) is 1.04. The minimum atomic E-state index is 0.486. The molecule has 0 aromatic heterocycles. The highest BCUT2D eigenvalue weighted by Gasteiger charge is 2.16. The van der Waals surface area contributed by atoms with Gasteiger partial charge in [-0.1, -0.05) is 11.6 Å². The summed E-state index contributed by atoms with van der Waals surface area (Å²) >= 11 is 13.0. The smallest absolute Gasteiger partial charge is 0.210 e. The number of hydrogen-bond donors (Lipinski definition) is 0. The summed E-state index contributed by atoms with van der Waals surface area (Å²) in [4.78, 5) is 2.85. The highest BCUT2D eigenvalue weighted by atomic mass is 35.5. The van der Waals surface area contributed by atoms with E-state index in [0.717, 1.165) is 10.6 Å². The fourth-order valence-corrected chi connectivity index (χ4v) is 2.29. The summed E-state index contributed by atoms with van der Waals surface area (Å²) in [6, 6.07) is 5.65. The van der Waals surface area contributed by atoms with Crippen LogP contribution in [-0.2, 0) is 0 Å². The second-order valence-corrected chi connectivity index (χ2v) is 4.20. The average Bonchev–Trinajstić information content (AvgIpc) is 2.12. The van der Waals surface area contributed by atoms with Gasteiger partial charge in [-0.2, -0.15) is 4.40 Å². The molecule has 1 aliphatic rings. The van der Waals surface area contributed by atoms with Gasteiger partial charge in [0.15, 0.2) is 0 Å². The Labute approximate surface area is 90.7 Å². The van der Waals surface area contributed by atoms with Gasteiger partial charge in [0.25, 0.3) is 0 Å². The molecular weight excluding hydrogens is 227 g/mol. The van der Waals surface area contributed by atoms with E-state index in [2.05, 4.69) is 4.40 Å². The minimum Gasteiger partial charge on any atom is -0.318 e. The first-order valence-corrected chi connectivity index (χ1v) is 5.15. The second kappa shape index (κ2) is 3.40. The first-order valence-electron chi connectivity index (χ1n) is 3.62. The van der Waals surface area contributed by atoms with Crippen LogP contribution in [0.2, 0.25) is 5.02 Å². The molecule has 0 unspecified atom stereocenters. The molecule has 2 nitrogen and oxygen atoms in total. The summed E-state index contributed by atoms with van der Waals surface area (Å²) in [7, 11) is 1.87. The van der Waals surface area contributed by atoms with Gasteiger partial charge < -0.3 is 4.90 Å². The second-order valence-electron chi connectivity index (χ2n) is 2.62. The van der Waals surface area contributed by atoms with Crippen LogP contribution in [0.4, 0.5) is 5.69 Å². The largest absolute Gasteiger partial charge is 0.318 e. The van der Waals surface area contributed by atoms with E-state index in [9.17, 15) is 0 Å². The third-order valence-corrected chi connectivity index (χ3v) is 3.24. The molecule has 0 radical (unpaired) electrons. The van der Waals surface area contributed by atoms with E-state index >= 15 is 0 Å². The van der Waals surface area contributed by atoms with Crippen molar-refractivity contribution in [3.05, 3.63) is 23.2 Å². The van der Waals surface area contributed by atoms with E-state index < -0.39 is 0 Å². The van der Waals surface area contributed by atoms with Crippen molar-refractivity contribution in [2.24, 2.45) is 4.40 Å². The zero-order chi connectivity index (χ0) is 9.42. The van der Waals surface area contributed by atoms with Crippen molar-refractivity contribution in [2.45, 2.75) is 4.90 Å². The molecule has 0 aliphatic carbocycles. The molecule has 5 heteroatoms. The molecule has 1 aromatic carbocycles. The van der Waals surface area contributed by atoms with E-state index in [4.69, 9.17) is 23.2 Å². The third kappa shape index (κ3) is 1.64. The van der Waals surface area contributed by atoms with Gasteiger partial charge in [-0.3, -0.25) is 0 Å². The van der Waals surface area contributed by atoms with Crippen molar-refractivity contribution >= 4 is 46.1 Å². The number of halogens is 2. The van der Waals surface area contributed by atoms with Crippen LogP contribution in [0.5, 0.6) is 0 Å². The lowest BCUT2D eigenvalue weighted by Gasteiger charge is -2.23. The van der Waals surface area contributed by atoms with Gasteiger partial charge in [-0.15, -0.1) is 0 Å². The molecule has 0 atom stereocenters. The summed E-state index contributed by atoms with van der Waals surface area (Å²) in [5.74, 6) is 0. The van der Waals surface area contributed by atoms with Gasteiger partial charge in [-0.05, 0) is 29.8 Å². The predicted molar refractivity (Wildman–Crippen MR) is 59.0 cm³/mol. The van der Waals surface area contributed by atoms with Crippen LogP contribution >= 0.6 is 35.1 Å². The van der Waals surface area contributed by atoms with E-state index in [1.807, 2.05) is 30.1 Å². The monoisotopic (exact) mass is 232 g/mol. The standard InChI is InChI=1S/C8H6Cl2N2S/c1-12-6-3-2-5(9)4-7(6)13-11-8(12)10/h2-4H,1H3. The molecule has 2 rings (SSSR count). The van der Waals surface area contributed by atoms with Gasteiger partial charge in [0.2, 0.25) is 5.29 Å². The van der Waals surface area contributed by atoms with E-state index in [1.54, 1.807) is 0 Å². The quantitative estimate of drug-likeness (QED) is 0.504. The minimum absolute atomic E-state index is 0.486. The van der Waals surface area contributed by atoms with Crippen molar-refractivity contribution in [2.75, 3.05) is 11.9 Å². The van der Waals surface area contributed by atoms with Gasteiger partial charge in [0.1, 0.15) is 0 Å². The number of nitrogens with zero attached hydrogens (tertiary/aromatic N) is 2. The molecule has 1 heterocycles. The molecule has 0 spiro atoms. The van der Waals surface area contributed by atoms with Crippen molar-refractivity contribution in [3.63, 3.8) is 0 Å². The first-order chi connectivity index (χ1) is 6.18. The summed E-state index contributed by atoms with van der Waals surface area (Å²) in [6.07, 6.45) is 0. The highest BCUT2D eigenvalue weighted by molar-refractivity contribution is 7.98. The fraction of sp³-hybridized carbons (Fsp3) is 0.125. The number of hydrogen-bond acceptors (Lipinski definition) is 3. The summed E-state index contributed by atoms with van der Waals surface area (Å²) in [6.45, 7) is 0. The van der Waals surface area contributed by atoms with Gasteiger partial charge in [-0.25, -0.2) is 0 Å². The van der Waals surface area contributed by atoms with Crippen molar-refractivity contribution in [3.8, 4) is 0 Å². The van der Waals surface area contributed by atoms with E-state index in [1.165, 1.54) is 11.9 Å². The number of benzene rings is 1. The van der Waals surface area contributed by atoms with Crippen LogP contribution < -0.4 is 4.90 Å². The van der Waals surface area contributed by atoms with Crippen LogP contribution in [-0.4, -0.2) is 12.3 Å². The van der Waals surface area contributed by atoms with Crippen LogP contribution in [0, 0.1) is 0 Å². The molecular formula is C8H6Cl2N2S. The van der Waals surface area contributed by atoms with Gasteiger partial charge in [0, 0.05) is 24.0 Å². The Morgan fingerprint density at radius 3 is 2.92 bits per heavy atom. The van der Waals surface area contributed by atoms with Crippen molar-refractivity contribution in [1.29, 1.82) is 0 Å². The Morgan fingerprint density at radius 2 is 2.15 bits per heavy atom. The van der Waals surface area contributed by atoms with Crippen LogP contribution in [0.25, 0.3) is 0 Å². The molecule has 1 aromatic rings. The lowest BCUT2D eigenvalue weighted by molar-refractivity contribution is 1.21. The van der Waals surface area contributed by atoms with Crippen LogP contribution in [0.15, 0.2) is 27.5 Å². The van der Waals surface area contributed by atoms with Crippen LogP contribution in [0.1, 0.15) is 0 Å². The molecule has 13 heavy (non-hydrogen) atoms. The SMILES string of the molecule is CN1C(Cl)=NSc2cc(Cl)ccc21. The molecule has 0 N–H and O–H groups in total. The molecule has 0 fully saturated rings. The Balaban J connectivity index is 2.50. The average molecular weight is 233 g/mol. The lowest BCUT2D eigenvalue weighted by Crippen LogP contribution is -2.23. The zero-order valence-electron chi connectivity index (χ0n) is 6.79. The Hall–Kier alpha value is -0.380. The Bertz CT molecular complexity index is 378. The van der Waals surface area contributed by atoms with E-state index in [-0.39, 0.29) is 0 Å². The molecule has 68 valence electrons. The molecule has 0 saturated carbocycles. The topological polar surface area (TPSA) is 15.6 Å². The summed E-state index contributed by atoms with van der Waals surface area (Å²) in [5, 5.41) is 1.20. The predicted octanol–water partition coefficient (Wildman–Crippen LogP) is 3.39. The maximum Gasteiger partial charge on any atom is 0.210 e. The van der Waals surface area contributed by atoms with Gasteiger partial charge >= 0.3 is 0 Å². The summed E-state index contributed by atoms with van der Waals surface area (Å²) < 4.78 is 4.06. The fourth-order valence-electron chi connectivity index (χ4n) is 1.09. The van der Waals surface area contributed by atoms with Crippen molar-refractivity contribution in [1.82, 2.24) is 0 Å². The molecule has 0 bridgehead atoms. The highest BCUT2D eigenvalue weighted by Crippen LogP contribution is 2.37. The van der Waals surface area contributed by atoms with Crippen molar-refractivity contribution < 1.29 is 0 Å². The molecule has 1 aliphatic heterocycles. The number of rotatable bonds is 0. The number of fused-ring (bicyclic) bond motifs is 1. The first kappa shape index (κ1) is 9.19. The Morgan fingerprint density at radius 1 is 1.38 bits per heavy atom. The Kier molecular flexibility index (Phi) is 2.41. The lowest BCUT2D eigenvalue weighted by atomic mass is 10.3. The van der Waals surface area contributed by atoms with Gasteiger partial charge in [0.05, 0.1) is 10.6 Å².